The van der Waals surface area contributed by atoms with Crippen LogP contribution in [-0.4, -0.2) is 21.5 Å². The van der Waals surface area contributed by atoms with Gasteiger partial charge in [0.05, 0.1) is 22.4 Å². The van der Waals surface area contributed by atoms with Crippen molar-refractivity contribution in [3.8, 4) is 62.0 Å². The largest absolute Gasteiger partial charge is 1.00 e. The fraction of sp³-hybridized carbons (Fsp3) is 0.0444. The molecule has 6 aromatic carbocycles. The zero-order valence-electron chi connectivity index (χ0n) is 31.8. The van der Waals surface area contributed by atoms with Gasteiger partial charge in [-0.25, -0.2) is 14.4 Å². The van der Waals surface area contributed by atoms with Crippen molar-refractivity contribution in [2.24, 2.45) is 0 Å². The molecule has 0 amide bonds. The molecule has 0 atom stereocenters. The number of phenolic OH excluding ortho intramolecular Hbond substituents is 1. The zero-order valence-corrected chi connectivity index (χ0v) is 43.3. The maximum Gasteiger partial charge on any atom is 1.00 e. The second-order valence-electron chi connectivity index (χ2n) is 12.4. The van der Waals surface area contributed by atoms with Crippen molar-refractivity contribution in [2.75, 3.05) is 0 Å². The van der Waals surface area contributed by atoms with Crippen LogP contribution >= 0.6 is 0 Å². The molecule has 55 heavy (non-hydrogen) atoms. The van der Waals surface area contributed by atoms with Crippen molar-refractivity contribution in [1.82, 2.24) is 9.97 Å². The Labute approximate surface area is 437 Å². The van der Waals surface area contributed by atoms with E-state index >= 15 is 0 Å². The van der Waals surface area contributed by atoms with Gasteiger partial charge in [0.25, 0.3) is 6.47 Å². The third-order valence-electron chi connectivity index (χ3n) is 8.85. The summed E-state index contributed by atoms with van der Waals surface area (Å²) in [6.07, 6.45) is 0. The van der Waals surface area contributed by atoms with E-state index < -0.39 is 0 Å². The zero-order chi connectivity index (χ0) is 36.9. The van der Waals surface area contributed by atoms with Crippen molar-refractivity contribution >= 4 is 28.3 Å². The second kappa shape index (κ2) is 20.1. The first-order chi connectivity index (χ1) is 25.8. The van der Waals surface area contributed by atoms with Gasteiger partial charge in [0, 0.05) is 44.2 Å². The molecule has 0 spiro atoms. The summed E-state index contributed by atoms with van der Waals surface area (Å²) < 4.78 is 20.8. The van der Waals surface area contributed by atoms with Crippen LogP contribution in [0.25, 0.3) is 66.6 Å². The molecule has 0 saturated heterocycles. The number of halogens is 1. The number of para-hydroxylation sites is 4. The van der Waals surface area contributed by atoms with Gasteiger partial charge in [-0.15, -0.1) is 0 Å². The summed E-state index contributed by atoms with van der Waals surface area (Å²) in [5.74, 6) is 1.55. The standard InChI is InChI=1S/C22H16FNO.C22H15NO.CH2O3.2Cs.H/c1-14-10-11-19(23)18(12-14)22-17(16-7-3-5-9-21(16)25)13-15-6-2-4-8-20(15)24-22;1-14-10-11-21-18(12-14)22-17(16-7-3-5-9-20(16)24-21)13-15-6-2-4-8-19(15)23-22;2-1-4-3;;;/h2-13,25H,1H3;2-13H,1H3;1,3H;;;/q;;;2*+1;-1/p-1. The summed E-state index contributed by atoms with van der Waals surface area (Å²) in [7, 11) is 0. The third kappa shape index (κ3) is 9.85. The molecule has 1 aliphatic rings. The van der Waals surface area contributed by atoms with E-state index in [9.17, 15) is 9.50 Å². The number of aromatic hydroxyl groups is 1. The van der Waals surface area contributed by atoms with E-state index in [1.165, 1.54) is 11.6 Å². The maximum absolute atomic E-state index is 14.5. The summed E-state index contributed by atoms with van der Waals surface area (Å²) >= 11 is 0. The van der Waals surface area contributed by atoms with Gasteiger partial charge in [-0.2, -0.15) is 0 Å². The first-order valence-electron chi connectivity index (χ1n) is 16.8. The average molecular weight is 967 g/mol. The van der Waals surface area contributed by atoms with E-state index in [1.807, 2.05) is 85.8 Å². The molecule has 10 heteroatoms. The number of nitrogens with zero attached hydrogens (tertiary/aromatic N) is 2. The molecule has 0 unspecified atom stereocenters. The molecular weight excluding hydrogens is 933 g/mol. The Bertz CT molecular complexity index is 2640. The topological polar surface area (TPSA) is 105 Å². The quantitative estimate of drug-likeness (QED) is 0.161. The Morgan fingerprint density at radius 3 is 1.69 bits per heavy atom. The number of ether oxygens (including phenoxy) is 1. The number of hydrogen-bond donors (Lipinski definition) is 1. The average Bonchev–Trinajstić information content (AvgIpc) is 3.32. The van der Waals surface area contributed by atoms with Gasteiger partial charge in [-0.05, 0) is 74.5 Å². The Morgan fingerprint density at radius 2 is 1.07 bits per heavy atom. The molecule has 0 saturated carbocycles. The Balaban J connectivity index is 0.000000217. The van der Waals surface area contributed by atoms with Gasteiger partial charge in [0.1, 0.15) is 23.1 Å². The number of hydrogen-bond acceptors (Lipinski definition) is 7. The second-order valence-corrected chi connectivity index (χ2v) is 12.4. The molecule has 0 aliphatic carbocycles. The van der Waals surface area contributed by atoms with Crippen molar-refractivity contribution in [3.05, 3.63) is 163 Å². The van der Waals surface area contributed by atoms with E-state index in [0.29, 0.717) is 22.4 Å². The molecule has 262 valence electrons. The van der Waals surface area contributed by atoms with E-state index in [4.69, 9.17) is 24.8 Å². The molecule has 7 nitrogen and oxygen atoms in total. The number of pyridine rings is 2. The van der Waals surface area contributed by atoms with Crippen LogP contribution in [0.2, 0.25) is 0 Å². The van der Waals surface area contributed by atoms with Crippen LogP contribution in [0.15, 0.2) is 146 Å². The normalized spacial score (nSPS) is 10.5. The predicted molar refractivity (Wildman–Crippen MR) is 205 cm³/mol. The molecule has 3 heterocycles. The first kappa shape index (κ1) is 43.3. The minimum Gasteiger partial charge on any atom is -1.00 e. The van der Waals surface area contributed by atoms with Crippen molar-refractivity contribution in [1.29, 1.82) is 0 Å². The maximum atomic E-state index is 14.5. The van der Waals surface area contributed by atoms with Gasteiger partial charge in [-0.1, -0.05) is 96.1 Å². The van der Waals surface area contributed by atoms with Gasteiger partial charge >= 0.3 is 138 Å². The van der Waals surface area contributed by atoms with Crippen LogP contribution in [0.4, 0.5) is 4.39 Å². The minimum absolute atomic E-state index is 0. The van der Waals surface area contributed by atoms with Crippen molar-refractivity contribution < 1.29 is 168 Å². The van der Waals surface area contributed by atoms with E-state index in [1.54, 1.807) is 24.3 Å². The number of benzene rings is 6. The summed E-state index contributed by atoms with van der Waals surface area (Å²) in [6, 6.07) is 46.6. The molecular formula is C45H33Cs2FN2O5. The number of aromatic nitrogens is 2. The van der Waals surface area contributed by atoms with Crippen LogP contribution in [-0.2, 0) is 9.68 Å². The van der Waals surface area contributed by atoms with E-state index in [-0.39, 0.29) is 157 Å². The fourth-order valence-corrected chi connectivity index (χ4v) is 6.39. The Hall–Kier alpha value is -2.80. The van der Waals surface area contributed by atoms with Gasteiger partial charge in [0.15, 0.2) is 0 Å². The molecule has 0 bridgehead atoms. The van der Waals surface area contributed by atoms with Crippen LogP contribution < -0.4 is 148 Å². The predicted octanol–water partition coefficient (Wildman–Crippen LogP) is 4.26. The smallest absolute Gasteiger partial charge is 1.00 e. The van der Waals surface area contributed by atoms with Crippen molar-refractivity contribution in [3.63, 3.8) is 0 Å². The van der Waals surface area contributed by atoms with Gasteiger partial charge < -0.3 is 21.4 Å². The number of carbonyl (C=O) groups is 1. The Morgan fingerprint density at radius 1 is 0.600 bits per heavy atom. The molecule has 8 aromatic rings. The van der Waals surface area contributed by atoms with Gasteiger partial charge in [-0.3, -0.25) is 4.79 Å². The van der Waals surface area contributed by atoms with Crippen LogP contribution in [0.3, 0.4) is 0 Å². The number of phenols is 1. The molecule has 1 aliphatic heterocycles. The van der Waals surface area contributed by atoms with Crippen LogP contribution in [0.5, 0.6) is 17.2 Å². The van der Waals surface area contributed by atoms with E-state index in [0.717, 1.165) is 61.3 Å². The molecule has 2 aromatic heterocycles. The van der Waals surface area contributed by atoms with Crippen LogP contribution in [0.1, 0.15) is 12.6 Å². The summed E-state index contributed by atoms with van der Waals surface area (Å²) in [6.45, 7) is 3.84. The molecule has 1 N–H and O–H groups in total. The summed E-state index contributed by atoms with van der Waals surface area (Å²) in [5.41, 5.74) is 10.5. The van der Waals surface area contributed by atoms with Crippen LogP contribution in [0, 0.1) is 19.7 Å². The van der Waals surface area contributed by atoms with Gasteiger partial charge in [0.2, 0.25) is 0 Å². The summed E-state index contributed by atoms with van der Waals surface area (Å²) in [5, 5.41) is 20.8. The monoisotopic (exact) mass is 966 g/mol. The molecule has 0 fully saturated rings. The number of aryl methyl sites for hydroxylation is 2. The minimum atomic E-state index is -0.329. The third-order valence-corrected chi connectivity index (χ3v) is 8.85. The number of carbonyl (C=O) groups excluding carboxylic acids is 1. The first-order valence-corrected chi connectivity index (χ1v) is 16.8. The molecule has 0 radical (unpaired) electrons. The number of fused-ring (bicyclic) bond motifs is 7. The molecule has 9 rings (SSSR count). The Kier molecular flexibility index (Phi) is 15.8. The van der Waals surface area contributed by atoms with E-state index in [2.05, 4.69) is 48.2 Å². The fourth-order valence-electron chi connectivity index (χ4n) is 6.39. The number of rotatable bonds is 3. The van der Waals surface area contributed by atoms with Crippen molar-refractivity contribution in [2.45, 2.75) is 13.8 Å². The summed E-state index contributed by atoms with van der Waals surface area (Å²) in [4.78, 5) is 20.9. The SMILES string of the molecule is Cc1ccc(F)c(-c2nc3ccccc3cc2-c2ccccc2O)c1.Cc1ccc2c(c1)-c1nc3ccccc3cc1-c1ccccc1O2.O=CO[O-].[Cs+].[Cs+].[H-].